The molecule has 0 spiro atoms. The minimum atomic E-state index is -0.473. The van der Waals surface area contributed by atoms with Crippen molar-refractivity contribution in [3.63, 3.8) is 0 Å². The number of β-amino-alcohol motifs (C(OH)–C–C–N with tert-alkyl or cyclic N) is 1. The molecule has 2 rings (SSSR count). The van der Waals surface area contributed by atoms with Crippen molar-refractivity contribution in [1.29, 1.82) is 0 Å². The van der Waals surface area contributed by atoms with Crippen molar-refractivity contribution in [3.8, 4) is 0 Å². The summed E-state index contributed by atoms with van der Waals surface area (Å²) in [5, 5.41) is 10.8. The van der Waals surface area contributed by atoms with E-state index in [1.54, 1.807) is 17.0 Å². The zero-order valence-electron chi connectivity index (χ0n) is 11.4. The van der Waals surface area contributed by atoms with Crippen molar-refractivity contribution in [2.24, 2.45) is 5.92 Å². The second-order valence-electron chi connectivity index (χ2n) is 5.05. The summed E-state index contributed by atoms with van der Waals surface area (Å²) in [4.78, 5) is 15.0. The number of carbonyl (C=O) groups is 1. The molecule has 6 heteroatoms. The van der Waals surface area contributed by atoms with Gasteiger partial charge in [-0.15, -0.1) is 11.8 Å². The Morgan fingerprint density at radius 2 is 2.10 bits per heavy atom. The predicted molar refractivity (Wildman–Crippen MR) is 83.9 cm³/mol. The highest BCUT2D eigenvalue weighted by atomic mass is 35.5. The van der Waals surface area contributed by atoms with Crippen LogP contribution < -0.4 is 0 Å². The van der Waals surface area contributed by atoms with Gasteiger partial charge in [0.25, 0.3) is 5.91 Å². The van der Waals surface area contributed by atoms with Crippen molar-refractivity contribution in [2.75, 3.05) is 19.3 Å². The quantitative estimate of drug-likeness (QED) is 0.841. The molecule has 1 amide bonds. The van der Waals surface area contributed by atoms with E-state index in [2.05, 4.69) is 0 Å². The Morgan fingerprint density at radius 3 is 2.70 bits per heavy atom. The number of nitrogens with zero attached hydrogens (tertiary/aromatic N) is 1. The molecule has 1 heterocycles. The molecule has 2 unspecified atom stereocenters. The minimum absolute atomic E-state index is 0.145. The Labute approximate surface area is 133 Å². The molecule has 20 heavy (non-hydrogen) atoms. The Kier molecular flexibility index (Phi) is 5.24. The highest BCUT2D eigenvalue weighted by molar-refractivity contribution is 7.98. The van der Waals surface area contributed by atoms with Crippen LogP contribution in [0.5, 0.6) is 0 Å². The van der Waals surface area contributed by atoms with Gasteiger partial charge in [-0.25, -0.2) is 0 Å². The van der Waals surface area contributed by atoms with Crippen LogP contribution in [0.25, 0.3) is 0 Å². The van der Waals surface area contributed by atoms with E-state index in [-0.39, 0.29) is 11.8 Å². The van der Waals surface area contributed by atoms with E-state index in [9.17, 15) is 9.90 Å². The molecule has 0 bridgehead atoms. The lowest BCUT2D eigenvalue weighted by Crippen LogP contribution is -2.45. The SMILES string of the molecule is CSc1cc(C(=O)N2CCC(C)C(O)C2)c(Cl)cc1Cl. The summed E-state index contributed by atoms with van der Waals surface area (Å²) in [6.07, 6.45) is 2.22. The number of hydrogen-bond donors (Lipinski definition) is 1. The molecule has 110 valence electrons. The van der Waals surface area contributed by atoms with Crippen LogP contribution in [-0.4, -0.2) is 41.4 Å². The number of halogens is 2. The number of carbonyl (C=O) groups excluding carboxylic acids is 1. The monoisotopic (exact) mass is 333 g/mol. The van der Waals surface area contributed by atoms with Crippen molar-refractivity contribution < 1.29 is 9.90 Å². The molecule has 1 aromatic rings. The van der Waals surface area contributed by atoms with Gasteiger partial charge in [0.05, 0.1) is 21.7 Å². The lowest BCUT2D eigenvalue weighted by molar-refractivity contribution is 0.0248. The van der Waals surface area contributed by atoms with Crippen molar-refractivity contribution >= 4 is 40.9 Å². The summed E-state index contributed by atoms with van der Waals surface area (Å²) in [5.41, 5.74) is 0.446. The lowest BCUT2D eigenvalue weighted by atomic mass is 9.95. The highest BCUT2D eigenvalue weighted by Gasteiger charge is 2.29. The van der Waals surface area contributed by atoms with Crippen LogP contribution >= 0.6 is 35.0 Å². The average molecular weight is 334 g/mol. The maximum atomic E-state index is 12.5. The summed E-state index contributed by atoms with van der Waals surface area (Å²) < 4.78 is 0. The van der Waals surface area contributed by atoms with E-state index < -0.39 is 6.10 Å². The van der Waals surface area contributed by atoms with E-state index in [4.69, 9.17) is 23.2 Å². The zero-order chi connectivity index (χ0) is 14.9. The second kappa shape index (κ2) is 6.56. The number of aliphatic hydroxyl groups excluding tert-OH is 1. The maximum Gasteiger partial charge on any atom is 0.255 e. The fourth-order valence-electron chi connectivity index (χ4n) is 2.25. The standard InChI is InChI=1S/C14H17Cl2NO2S/c1-8-3-4-17(7-12(8)18)14(19)9-5-13(20-2)11(16)6-10(9)15/h5-6,8,12,18H,3-4,7H2,1-2H3. The Bertz CT molecular complexity index is 524. The van der Waals surface area contributed by atoms with Gasteiger partial charge < -0.3 is 10.0 Å². The molecule has 3 nitrogen and oxygen atoms in total. The molecule has 0 aliphatic carbocycles. The minimum Gasteiger partial charge on any atom is -0.391 e. The first-order chi connectivity index (χ1) is 9.43. The molecule has 2 atom stereocenters. The first-order valence-corrected chi connectivity index (χ1v) is 8.42. The number of amides is 1. The van der Waals surface area contributed by atoms with E-state index in [1.165, 1.54) is 11.8 Å². The molecule has 0 radical (unpaired) electrons. The van der Waals surface area contributed by atoms with E-state index >= 15 is 0 Å². The van der Waals surface area contributed by atoms with Gasteiger partial charge in [0.1, 0.15) is 0 Å². The zero-order valence-corrected chi connectivity index (χ0v) is 13.7. The van der Waals surface area contributed by atoms with Gasteiger partial charge in [0.15, 0.2) is 0 Å². The Balaban J connectivity index is 2.25. The predicted octanol–water partition coefficient (Wildman–Crippen LogP) is 3.56. The molecule has 1 N–H and O–H groups in total. The van der Waals surface area contributed by atoms with E-state index in [1.807, 2.05) is 13.2 Å². The Hall–Kier alpha value is -0.420. The van der Waals surface area contributed by atoms with Crippen LogP contribution in [0.15, 0.2) is 17.0 Å². The molecule has 1 saturated heterocycles. The van der Waals surface area contributed by atoms with Crippen LogP contribution in [0.4, 0.5) is 0 Å². The largest absolute Gasteiger partial charge is 0.391 e. The maximum absolute atomic E-state index is 12.5. The van der Waals surface area contributed by atoms with Crippen molar-refractivity contribution in [3.05, 3.63) is 27.7 Å². The summed E-state index contributed by atoms with van der Waals surface area (Å²) in [5.74, 6) is 0.0782. The van der Waals surface area contributed by atoms with Crippen molar-refractivity contribution in [2.45, 2.75) is 24.3 Å². The van der Waals surface area contributed by atoms with Crippen LogP contribution in [0, 0.1) is 5.92 Å². The number of likely N-dealkylation sites (tertiary alicyclic amines) is 1. The number of benzene rings is 1. The summed E-state index contributed by atoms with van der Waals surface area (Å²) >= 11 is 13.7. The molecular weight excluding hydrogens is 317 g/mol. The third-order valence-electron chi connectivity index (χ3n) is 3.68. The normalized spacial score (nSPS) is 22.9. The van der Waals surface area contributed by atoms with E-state index in [0.29, 0.717) is 28.7 Å². The van der Waals surface area contributed by atoms with Crippen LogP contribution in [-0.2, 0) is 0 Å². The number of thioether (sulfide) groups is 1. The van der Waals surface area contributed by atoms with Gasteiger partial charge in [-0.05, 0) is 30.7 Å². The summed E-state index contributed by atoms with van der Waals surface area (Å²) in [7, 11) is 0. The van der Waals surface area contributed by atoms with Crippen LogP contribution in [0.2, 0.25) is 10.0 Å². The highest BCUT2D eigenvalue weighted by Crippen LogP contribution is 2.32. The average Bonchev–Trinajstić information content (AvgIpc) is 2.41. The molecule has 1 aromatic carbocycles. The van der Waals surface area contributed by atoms with Crippen LogP contribution in [0.3, 0.4) is 0 Å². The smallest absolute Gasteiger partial charge is 0.255 e. The first kappa shape index (κ1) is 16.0. The number of hydrogen-bond acceptors (Lipinski definition) is 3. The third-order valence-corrected chi connectivity index (χ3v) is 5.19. The number of aliphatic hydroxyl groups is 1. The first-order valence-electron chi connectivity index (χ1n) is 6.44. The molecule has 1 fully saturated rings. The molecule has 0 saturated carbocycles. The second-order valence-corrected chi connectivity index (χ2v) is 6.71. The van der Waals surface area contributed by atoms with Gasteiger partial charge in [0, 0.05) is 18.0 Å². The molecule has 1 aliphatic heterocycles. The van der Waals surface area contributed by atoms with Crippen molar-refractivity contribution in [1.82, 2.24) is 4.90 Å². The fourth-order valence-corrected chi connectivity index (χ4v) is 3.44. The van der Waals surface area contributed by atoms with Gasteiger partial charge >= 0.3 is 0 Å². The fraction of sp³-hybridized carbons (Fsp3) is 0.500. The molecule has 1 aliphatic rings. The van der Waals surface area contributed by atoms with Gasteiger partial charge in [0.2, 0.25) is 0 Å². The summed E-state index contributed by atoms with van der Waals surface area (Å²) in [6.45, 7) is 2.99. The van der Waals surface area contributed by atoms with Gasteiger partial charge in [-0.3, -0.25) is 4.79 Å². The van der Waals surface area contributed by atoms with Crippen LogP contribution in [0.1, 0.15) is 23.7 Å². The Morgan fingerprint density at radius 1 is 1.40 bits per heavy atom. The third kappa shape index (κ3) is 3.25. The summed E-state index contributed by atoms with van der Waals surface area (Å²) in [6, 6.07) is 3.33. The van der Waals surface area contributed by atoms with Gasteiger partial charge in [-0.1, -0.05) is 30.1 Å². The topological polar surface area (TPSA) is 40.5 Å². The van der Waals surface area contributed by atoms with Gasteiger partial charge in [-0.2, -0.15) is 0 Å². The number of piperidine rings is 1. The molecular formula is C14H17Cl2NO2S. The lowest BCUT2D eigenvalue weighted by Gasteiger charge is -2.34. The molecule has 0 aromatic heterocycles. The van der Waals surface area contributed by atoms with E-state index in [0.717, 1.165) is 11.3 Å². The number of rotatable bonds is 2.